The van der Waals surface area contributed by atoms with Crippen molar-refractivity contribution in [3.63, 3.8) is 0 Å². The second kappa shape index (κ2) is 8.42. The van der Waals surface area contributed by atoms with Crippen LogP contribution in [-0.2, 0) is 16.1 Å². The fourth-order valence-electron chi connectivity index (χ4n) is 2.66. The predicted molar refractivity (Wildman–Crippen MR) is 95.0 cm³/mol. The van der Waals surface area contributed by atoms with Crippen molar-refractivity contribution >= 4 is 11.8 Å². The Kier molecular flexibility index (Phi) is 6.28. The summed E-state index contributed by atoms with van der Waals surface area (Å²) in [5, 5.41) is 2.64. The minimum Gasteiger partial charge on any atom is -0.357 e. The number of nitrogens with zero attached hydrogens (tertiary/aromatic N) is 1. The summed E-state index contributed by atoms with van der Waals surface area (Å²) in [6, 6.07) is 14.4. The van der Waals surface area contributed by atoms with Gasteiger partial charge in [0, 0.05) is 19.5 Å². The molecule has 2 aromatic rings. The molecule has 1 atom stereocenters. The van der Waals surface area contributed by atoms with Crippen LogP contribution < -0.4 is 5.32 Å². The molecule has 0 spiro atoms. The highest BCUT2D eigenvalue weighted by molar-refractivity contribution is 5.89. The minimum atomic E-state index is -0.744. The first-order valence-electron chi connectivity index (χ1n) is 8.25. The molecule has 5 heteroatoms. The molecule has 25 heavy (non-hydrogen) atoms. The van der Waals surface area contributed by atoms with Crippen molar-refractivity contribution in [2.75, 3.05) is 7.05 Å². The van der Waals surface area contributed by atoms with Crippen molar-refractivity contribution in [2.45, 2.75) is 26.4 Å². The molecule has 132 valence electrons. The molecule has 0 aromatic heterocycles. The molecule has 1 N–H and O–H groups in total. The maximum Gasteiger partial charge on any atom is 0.247 e. The lowest BCUT2D eigenvalue weighted by Crippen LogP contribution is -2.44. The van der Waals surface area contributed by atoms with Crippen LogP contribution in [0.1, 0.15) is 31.0 Å². The van der Waals surface area contributed by atoms with Crippen molar-refractivity contribution in [3.05, 3.63) is 71.5 Å². The molecule has 0 aliphatic heterocycles. The number of likely N-dealkylation sites (N-methyl/N-ethyl adjacent to an activating group) is 1. The van der Waals surface area contributed by atoms with Crippen molar-refractivity contribution in [1.82, 2.24) is 10.2 Å². The Balaban J connectivity index is 2.44. The Morgan fingerprint density at radius 2 is 1.64 bits per heavy atom. The summed E-state index contributed by atoms with van der Waals surface area (Å²) >= 11 is 0. The minimum absolute atomic E-state index is 0.137. The smallest absolute Gasteiger partial charge is 0.247 e. The third-order valence-electron chi connectivity index (χ3n) is 3.96. The summed E-state index contributed by atoms with van der Waals surface area (Å²) in [5.74, 6) is -1.00. The molecule has 4 nitrogen and oxygen atoms in total. The van der Waals surface area contributed by atoms with Crippen LogP contribution >= 0.6 is 0 Å². The first-order chi connectivity index (χ1) is 11.9. The van der Waals surface area contributed by atoms with E-state index in [1.165, 1.54) is 12.1 Å². The van der Waals surface area contributed by atoms with E-state index in [4.69, 9.17) is 0 Å². The molecular formula is C20H23FN2O2. The second-order valence-electron chi connectivity index (χ2n) is 6.17. The summed E-state index contributed by atoms with van der Waals surface area (Å²) in [7, 11) is 1.55. The van der Waals surface area contributed by atoms with Gasteiger partial charge in [0.25, 0.3) is 0 Å². The van der Waals surface area contributed by atoms with Crippen molar-refractivity contribution in [1.29, 1.82) is 0 Å². The summed E-state index contributed by atoms with van der Waals surface area (Å²) in [5.41, 5.74) is 1.50. The quantitative estimate of drug-likeness (QED) is 0.876. The zero-order chi connectivity index (χ0) is 18.4. The molecule has 0 saturated carbocycles. The van der Waals surface area contributed by atoms with Crippen LogP contribution in [0.25, 0.3) is 0 Å². The molecule has 0 radical (unpaired) electrons. The molecule has 2 rings (SSSR count). The van der Waals surface area contributed by atoms with Crippen molar-refractivity contribution < 1.29 is 14.0 Å². The van der Waals surface area contributed by atoms with E-state index in [-0.39, 0.29) is 30.1 Å². The molecule has 1 unspecified atom stereocenters. The summed E-state index contributed by atoms with van der Waals surface area (Å²) in [4.78, 5) is 26.9. The summed E-state index contributed by atoms with van der Waals surface area (Å²) < 4.78 is 13.2. The van der Waals surface area contributed by atoms with Crippen molar-refractivity contribution in [2.24, 2.45) is 5.92 Å². The molecule has 0 heterocycles. The molecule has 0 aliphatic carbocycles. The van der Waals surface area contributed by atoms with Gasteiger partial charge in [0.1, 0.15) is 11.9 Å². The Labute approximate surface area is 147 Å². The third kappa shape index (κ3) is 4.66. The summed E-state index contributed by atoms with van der Waals surface area (Å²) in [6.07, 6.45) is 0. The highest BCUT2D eigenvalue weighted by Gasteiger charge is 2.31. The van der Waals surface area contributed by atoms with Gasteiger partial charge in [-0.2, -0.15) is 0 Å². The van der Waals surface area contributed by atoms with Crippen LogP contribution in [0.2, 0.25) is 0 Å². The van der Waals surface area contributed by atoms with Gasteiger partial charge < -0.3 is 10.2 Å². The van der Waals surface area contributed by atoms with Gasteiger partial charge >= 0.3 is 0 Å². The lowest BCUT2D eigenvalue weighted by atomic mass is 10.0. The van der Waals surface area contributed by atoms with Crippen LogP contribution in [0.15, 0.2) is 54.6 Å². The van der Waals surface area contributed by atoms with Gasteiger partial charge in [0.15, 0.2) is 0 Å². The Hall–Kier alpha value is -2.69. The maximum atomic E-state index is 13.2. The predicted octanol–water partition coefficient (Wildman–Crippen LogP) is 3.30. The van der Waals surface area contributed by atoms with Gasteiger partial charge in [-0.05, 0) is 23.3 Å². The SMILES string of the molecule is CNC(=O)C(c1ccccc1)N(Cc1ccc(F)cc1)C(=O)C(C)C. The number of hydrogen-bond donors (Lipinski definition) is 1. The molecule has 2 aromatic carbocycles. The summed E-state index contributed by atoms with van der Waals surface area (Å²) in [6.45, 7) is 3.82. The van der Waals surface area contributed by atoms with Crippen LogP contribution in [-0.4, -0.2) is 23.8 Å². The van der Waals surface area contributed by atoms with Crippen molar-refractivity contribution in [3.8, 4) is 0 Å². The maximum absolute atomic E-state index is 13.2. The van der Waals surface area contributed by atoms with Crippen LogP contribution in [0.5, 0.6) is 0 Å². The number of nitrogens with one attached hydrogen (secondary N) is 1. The Morgan fingerprint density at radius 1 is 1.04 bits per heavy atom. The molecule has 0 fully saturated rings. The van der Waals surface area contributed by atoms with Crippen LogP contribution in [0, 0.1) is 11.7 Å². The van der Waals surface area contributed by atoms with E-state index in [1.54, 1.807) is 37.9 Å². The van der Waals surface area contributed by atoms with E-state index in [2.05, 4.69) is 5.32 Å². The first kappa shape index (κ1) is 18.6. The average molecular weight is 342 g/mol. The zero-order valence-corrected chi connectivity index (χ0v) is 14.7. The second-order valence-corrected chi connectivity index (χ2v) is 6.17. The largest absolute Gasteiger partial charge is 0.357 e. The number of carbonyl (C=O) groups excluding carboxylic acids is 2. The number of benzene rings is 2. The number of carbonyl (C=O) groups is 2. The number of amides is 2. The topological polar surface area (TPSA) is 49.4 Å². The zero-order valence-electron chi connectivity index (χ0n) is 14.7. The van der Waals surface area contributed by atoms with E-state index >= 15 is 0 Å². The Morgan fingerprint density at radius 3 is 2.16 bits per heavy atom. The number of halogens is 1. The van der Waals surface area contributed by atoms with Gasteiger partial charge in [-0.15, -0.1) is 0 Å². The van der Waals surface area contributed by atoms with Gasteiger partial charge in [0.05, 0.1) is 0 Å². The standard InChI is InChI=1S/C20H23FN2O2/c1-14(2)20(25)23(13-15-9-11-17(21)12-10-15)18(19(24)22-3)16-7-5-4-6-8-16/h4-12,14,18H,13H2,1-3H3,(H,22,24). The van der Waals surface area contributed by atoms with E-state index in [1.807, 2.05) is 30.3 Å². The lowest BCUT2D eigenvalue weighted by molar-refractivity contribution is -0.143. The van der Waals surface area contributed by atoms with E-state index < -0.39 is 6.04 Å². The molecule has 0 saturated heterocycles. The van der Waals surface area contributed by atoms with E-state index in [9.17, 15) is 14.0 Å². The molecule has 0 aliphatic rings. The Bertz CT molecular complexity index is 714. The van der Waals surface area contributed by atoms with Gasteiger partial charge in [-0.1, -0.05) is 56.3 Å². The fourth-order valence-corrected chi connectivity index (χ4v) is 2.66. The monoisotopic (exact) mass is 342 g/mol. The average Bonchev–Trinajstić information content (AvgIpc) is 2.62. The third-order valence-corrected chi connectivity index (χ3v) is 3.96. The number of hydrogen-bond acceptors (Lipinski definition) is 2. The molecular weight excluding hydrogens is 319 g/mol. The van der Waals surface area contributed by atoms with Crippen LogP contribution in [0.3, 0.4) is 0 Å². The van der Waals surface area contributed by atoms with Gasteiger partial charge in [-0.3, -0.25) is 9.59 Å². The van der Waals surface area contributed by atoms with E-state index in [0.29, 0.717) is 0 Å². The highest BCUT2D eigenvalue weighted by Crippen LogP contribution is 2.25. The number of rotatable bonds is 6. The normalized spacial score (nSPS) is 11.9. The van der Waals surface area contributed by atoms with Gasteiger partial charge in [-0.25, -0.2) is 4.39 Å². The fraction of sp³-hybridized carbons (Fsp3) is 0.300. The van der Waals surface area contributed by atoms with E-state index in [0.717, 1.165) is 11.1 Å². The lowest BCUT2D eigenvalue weighted by Gasteiger charge is -2.32. The molecule has 2 amide bonds. The highest BCUT2D eigenvalue weighted by atomic mass is 19.1. The van der Waals surface area contributed by atoms with Gasteiger partial charge in [0.2, 0.25) is 11.8 Å². The first-order valence-corrected chi connectivity index (χ1v) is 8.25. The van der Waals surface area contributed by atoms with Crippen LogP contribution in [0.4, 0.5) is 4.39 Å². The molecule has 0 bridgehead atoms.